The molecular weight excluding hydrogens is 264 g/mol. The highest BCUT2D eigenvalue weighted by Gasteiger charge is 2.26. The Morgan fingerprint density at radius 1 is 1.14 bits per heavy atom. The first-order valence-electron chi connectivity index (χ1n) is 8.09. The molecule has 1 saturated heterocycles. The van der Waals surface area contributed by atoms with Crippen molar-refractivity contribution in [3.8, 4) is 0 Å². The fourth-order valence-electron chi connectivity index (χ4n) is 3.42. The summed E-state index contributed by atoms with van der Waals surface area (Å²) >= 11 is 0. The average Bonchev–Trinajstić information content (AvgIpc) is 2.57. The van der Waals surface area contributed by atoms with Crippen molar-refractivity contribution >= 4 is 11.4 Å². The fraction of sp³-hybridized carbons (Fsp3) is 0.647. The summed E-state index contributed by atoms with van der Waals surface area (Å²) in [6.45, 7) is 3.57. The summed E-state index contributed by atoms with van der Waals surface area (Å²) in [7, 11) is 1.83. The van der Waals surface area contributed by atoms with Crippen molar-refractivity contribution in [2.45, 2.75) is 37.8 Å². The number of anilines is 2. The van der Waals surface area contributed by atoms with Gasteiger partial charge in [0.2, 0.25) is 0 Å². The van der Waals surface area contributed by atoms with E-state index in [0.29, 0.717) is 12.1 Å². The van der Waals surface area contributed by atoms with E-state index < -0.39 is 0 Å². The molecule has 1 saturated carbocycles. The Bertz CT molecular complexity index is 446. The molecule has 2 unspecified atom stereocenters. The van der Waals surface area contributed by atoms with Crippen LogP contribution in [0.4, 0.5) is 11.4 Å². The van der Waals surface area contributed by atoms with E-state index in [9.17, 15) is 0 Å². The van der Waals surface area contributed by atoms with Crippen molar-refractivity contribution in [3.63, 3.8) is 0 Å². The van der Waals surface area contributed by atoms with Crippen LogP contribution < -0.4 is 10.2 Å². The molecule has 0 aromatic heterocycles. The molecular formula is C17H26N2O2. The lowest BCUT2D eigenvalue weighted by atomic mass is 9.92. The lowest BCUT2D eigenvalue weighted by molar-refractivity contribution is 0.0606. The van der Waals surface area contributed by atoms with Gasteiger partial charge >= 0.3 is 0 Å². The Morgan fingerprint density at radius 2 is 1.90 bits per heavy atom. The predicted molar refractivity (Wildman–Crippen MR) is 86.1 cm³/mol. The lowest BCUT2D eigenvalue weighted by Crippen LogP contribution is -2.40. The summed E-state index contributed by atoms with van der Waals surface area (Å²) in [5.41, 5.74) is 2.52. The van der Waals surface area contributed by atoms with Crippen molar-refractivity contribution in [1.82, 2.24) is 0 Å². The minimum atomic E-state index is 0.330. The van der Waals surface area contributed by atoms with Crippen LogP contribution in [0, 0.1) is 0 Å². The fourth-order valence-corrected chi connectivity index (χ4v) is 3.42. The minimum Gasteiger partial charge on any atom is -0.379 e. The van der Waals surface area contributed by atoms with Crippen LogP contribution in [0.1, 0.15) is 25.7 Å². The van der Waals surface area contributed by atoms with E-state index >= 15 is 0 Å². The lowest BCUT2D eigenvalue weighted by Gasteiger charge is -2.35. The number of hydrogen-bond donors (Lipinski definition) is 1. The van der Waals surface area contributed by atoms with Crippen molar-refractivity contribution in [3.05, 3.63) is 24.3 Å². The molecule has 1 aliphatic heterocycles. The summed E-state index contributed by atoms with van der Waals surface area (Å²) in [6, 6.07) is 9.04. The maximum Gasteiger partial charge on any atom is 0.0772 e. The van der Waals surface area contributed by atoms with E-state index in [1.165, 1.54) is 30.6 Å². The second kappa shape index (κ2) is 7.14. The number of hydrogen-bond acceptors (Lipinski definition) is 4. The summed E-state index contributed by atoms with van der Waals surface area (Å²) in [5, 5.41) is 3.74. The topological polar surface area (TPSA) is 33.7 Å². The predicted octanol–water partition coefficient (Wildman–Crippen LogP) is 2.89. The van der Waals surface area contributed by atoms with Gasteiger partial charge in [0.05, 0.1) is 36.7 Å². The van der Waals surface area contributed by atoms with Crippen LogP contribution in [0.15, 0.2) is 24.3 Å². The number of methoxy groups -OCH3 is 1. The van der Waals surface area contributed by atoms with Crippen LogP contribution >= 0.6 is 0 Å². The highest BCUT2D eigenvalue weighted by molar-refractivity contribution is 5.70. The van der Waals surface area contributed by atoms with Crippen molar-refractivity contribution < 1.29 is 9.47 Å². The molecule has 4 heteroatoms. The molecule has 0 radical (unpaired) electrons. The average molecular weight is 290 g/mol. The number of para-hydroxylation sites is 2. The third kappa shape index (κ3) is 3.50. The van der Waals surface area contributed by atoms with Gasteiger partial charge in [-0.25, -0.2) is 0 Å². The van der Waals surface area contributed by atoms with Crippen LogP contribution in [0.5, 0.6) is 0 Å². The SMILES string of the molecule is COC1CCCCC1Nc1ccccc1N1CCOCC1. The number of ether oxygens (including phenoxy) is 2. The Labute approximate surface area is 127 Å². The smallest absolute Gasteiger partial charge is 0.0772 e. The van der Waals surface area contributed by atoms with Gasteiger partial charge in [-0.3, -0.25) is 0 Å². The standard InChI is InChI=1S/C17H26N2O2/c1-20-17-9-5-3-7-15(17)18-14-6-2-4-8-16(14)19-10-12-21-13-11-19/h2,4,6,8,15,17-18H,3,5,7,9-13H2,1H3. The normalized spacial score (nSPS) is 26.6. The molecule has 1 aromatic carbocycles. The molecule has 0 bridgehead atoms. The number of rotatable bonds is 4. The minimum absolute atomic E-state index is 0.330. The van der Waals surface area contributed by atoms with E-state index in [1.807, 2.05) is 7.11 Å². The van der Waals surface area contributed by atoms with Crippen LogP contribution in [-0.4, -0.2) is 45.6 Å². The van der Waals surface area contributed by atoms with Gasteiger partial charge in [-0.1, -0.05) is 25.0 Å². The second-order valence-electron chi connectivity index (χ2n) is 5.93. The molecule has 0 amide bonds. The summed E-state index contributed by atoms with van der Waals surface area (Å²) in [6.07, 6.45) is 5.25. The molecule has 1 aliphatic carbocycles. The molecule has 116 valence electrons. The summed E-state index contributed by atoms with van der Waals surface area (Å²) < 4.78 is 11.1. The van der Waals surface area contributed by atoms with Gasteiger partial charge in [-0.05, 0) is 25.0 Å². The van der Waals surface area contributed by atoms with Gasteiger partial charge in [-0.15, -0.1) is 0 Å². The van der Waals surface area contributed by atoms with Gasteiger partial charge in [0.15, 0.2) is 0 Å². The molecule has 1 heterocycles. The zero-order valence-electron chi connectivity index (χ0n) is 12.9. The monoisotopic (exact) mass is 290 g/mol. The van der Waals surface area contributed by atoms with Gasteiger partial charge in [0.25, 0.3) is 0 Å². The van der Waals surface area contributed by atoms with Crippen LogP contribution in [0.2, 0.25) is 0 Å². The molecule has 3 rings (SSSR count). The Balaban J connectivity index is 1.75. The first kappa shape index (κ1) is 14.7. The van der Waals surface area contributed by atoms with Crippen molar-refractivity contribution in [2.75, 3.05) is 43.6 Å². The van der Waals surface area contributed by atoms with E-state index in [4.69, 9.17) is 9.47 Å². The highest BCUT2D eigenvalue weighted by atomic mass is 16.5. The van der Waals surface area contributed by atoms with Gasteiger partial charge in [0.1, 0.15) is 0 Å². The Kier molecular flexibility index (Phi) is 4.99. The van der Waals surface area contributed by atoms with Crippen LogP contribution in [0.25, 0.3) is 0 Å². The molecule has 2 atom stereocenters. The maximum absolute atomic E-state index is 5.67. The zero-order valence-corrected chi connectivity index (χ0v) is 12.9. The third-order valence-corrected chi connectivity index (χ3v) is 4.60. The molecule has 2 fully saturated rings. The van der Waals surface area contributed by atoms with E-state index in [0.717, 1.165) is 32.7 Å². The van der Waals surface area contributed by atoms with E-state index in [1.54, 1.807) is 0 Å². The molecule has 2 aliphatic rings. The van der Waals surface area contributed by atoms with Gasteiger partial charge < -0.3 is 19.7 Å². The van der Waals surface area contributed by atoms with Crippen molar-refractivity contribution in [1.29, 1.82) is 0 Å². The Hall–Kier alpha value is -1.26. The number of nitrogens with zero attached hydrogens (tertiary/aromatic N) is 1. The molecule has 21 heavy (non-hydrogen) atoms. The second-order valence-corrected chi connectivity index (χ2v) is 5.93. The summed E-state index contributed by atoms with van der Waals surface area (Å²) in [4.78, 5) is 2.41. The van der Waals surface area contributed by atoms with Gasteiger partial charge in [-0.2, -0.15) is 0 Å². The third-order valence-electron chi connectivity index (χ3n) is 4.60. The van der Waals surface area contributed by atoms with E-state index in [-0.39, 0.29) is 0 Å². The molecule has 4 nitrogen and oxygen atoms in total. The molecule has 0 spiro atoms. The van der Waals surface area contributed by atoms with Gasteiger partial charge in [0, 0.05) is 20.2 Å². The van der Waals surface area contributed by atoms with E-state index in [2.05, 4.69) is 34.5 Å². The number of morpholine rings is 1. The Morgan fingerprint density at radius 3 is 2.71 bits per heavy atom. The largest absolute Gasteiger partial charge is 0.379 e. The maximum atomic E-state index is 5.67. The quantitative estimate of drug-likeness (QED) is 0.924. The molecule has 1 aromatic rings. The molecule has 1 N–H and O–H groups in total. The highest BCUT2D eigenvalue weighted by Crippen LogP contribution is 2.30. The first-order chi connectivity index (χ1) is 10.4. The van der Waals surface area contributed by atoms with Crippen LogP contribution in [-0.2, 0) is 9.47 Å². The number of nitrogens with one attached hydrogen (secondary N) is 1. The summed E-state index contributed by atoms with van der Waals surface area (Å²) in [5.74, 6) is 0. The zero-order chi connectivity index (χ0) is 14.5. The number of benzene rings is 1. The van der Waals surface area contributed by atoms with Crippen molar-refractivity contribution in [2.24, 2.45) is 0 Å². The first-order valence-corrected chi connectivity index (χ1v) is 8.09. The van der Waals surface area contributed by atoms with Crippen LogP contribution in [0.3, 0.4) is 0 Å².